The van der Waals surface area contributed by atoms with Crippen LogP contribution >= 0.6 is 11.3 Å². The lowest BCUT2D eigenvalue weighted by Gasteiger charge is -2.34. The predicted octanol–water partition coefficient (Wildman–Crippen LogP) is 5.71. The highest BCUT2D eigenvalue weighted by Gasteiger charge is 2.75. The number of hydrazine groups is 1. The van der Waals surface area contributed by atoms with Gasteiger partial charge in [-0.3, -0.25) is 24.4 Å². The number of carbonyl (C=O) groups is 3. The Hall–Kier alpha value is -4.51. The maximum Gasteiger partial charge on any atom is 0.325 e. The highest BCUT2D eigenvalue weighted by molar-refractivity contribution is 7.10. The van der Waals surface area contributed by atoms with Crippen molar-refractivity contribution in [1.82, 2.24) is 35.2 Å². The molecule has 2 N–H and O–H groups in total. The van der Waals surface area contributed by atoms with Crippen LogP contribution in [-0.4, -0.2) is 114 Å². The van der Waals surface area contributed by atoms with Crippen LogP contribution in [0.3, 0.4) is 0 Å². The first kappa shape index (κ1) is 41.8. The maximum absolute atomic E-state index is 15.4. The van der Waals surface area contributed by atoms with Crippen LogP contribution in [0.15, 0.2) is 35.8 Å². The van der Waals surface area contributed by atoms with Crippen molar-refractivity contribution in [2.75, 3.05) is 58.4 Å². The topological polar surface area (TPSA) is 134 Å². The van der Waals surface area contributed by atoms with E-state index in [4.69, 9.17) is 19.4 Å². The summed E-state index contributed by atoms with van der Waals surface area (Å²) in [6.07, 6.45) is 2.87. The highest BCUT2D eigenvalue weighted by atomic mass is 32.1. The van der Waals surface area contributed by atoms with Crippen LogP contribution in [-0.2, 0) is 43.2 Å². The number of thiazole rings is 1. The van der Waals surface area contributed by atoms with E-state index in [2.05, 4.69) is 63.3 Å². The first-order chi connectivity index (χ1) is 29.1. The number of halogens is 2. The molecule has 0 spiro atoms. The van der Waals surface area contributed by atoms with Gasteiger partial charge in [0.2, 0.25) is 5.91 Å². The normalized spacial score (nSPS) is 27.9. The number of likely N-dealkylation sites (N-methyl/N-ethyl adjacent to an activating group) is 1. The number of rotatable bonds is 7. The standard InChI is InChI=1S/C45H56F2N8O5S/c1-8-54-35-10-9-26-16-29(35)31(40(54)30-17-27(20-48-38(30)25(3)59-7)53-13-11-52(6)12-14-53)19-44(4,5)23-60-43(58)39-37-32(45(37,46)47)21-55(51-39)42(57)33(18-36-49-34(26)22-61-36)50-41(56)28-15-24(28)2/h9-10,16-17,20,22,24-25,28,32-33,37,39,51H,8,11-15,18-19,21,23H2,1-7H3,(H,50,56). The Morgan fingerprint density at radius 3 is 2.62 bits per heavy atom. The average molecular weight is 859 g/mol. The number of alkyl halides is 2. The van der Waals surface area contributed by atoms with E-state index in [0.717, 1.165) is 81.6 Å². The van der Waals surface area contributed by atoms with Crippen LogP contribution in [0, 0.1) is 29.1 Å². The maximum atomic E-state index is 15.4. The fourth-order valence-corrected chi connectivity index (χ4v) is 10.5. The number of cyclic esters (lactones) is 1. The molecule has 7 atom stereocenters. The molecule has 6 heterocycles. The van der Waals surface area contributed by atoms with E-state index in [-0.39, 0.29) is 43.4 Å². The molecule has 326 valence electrons. The van der Waals surface area contributed by atoms with Gasteiger partial charge in [0.05, 0.1) is 58.5 Å². The van der Waals surface area contributed by atoms with Gasteiger partial charge in [0, 0.05) is 91.5 Å². The number of pyridine rings is 1. The van der Waals surface area contributed by atoms with Crippen LogP contribution in [0.2, 0.25) is 0 Å². The largest absolute Gasteiger partial charge is 0.464 e. The fourth-order valence-electron chi connectivity index (χ4n) is 9.63. The van der Waals surface area contributed by atoms with Crippen LogP contribution < -0.4 is 15.6 Å². The van der Waals surface area contributed by atoms with Gasteiger partial charge in [-0.2, -0.15) is 0 Å². The minimum absolute atomic E-state index is 0.0588. The molecule has 9 rings (SSSR count). The van der Waals surface area contributed by atoms with Crippen molar-refractivity contribution in [2.24, 2.45) is 29.1 Å². The number of carbonyl (C=O) groups excluding carboxylic acids is 3. The summed E-state index contributed by atoms with van der Waals surface area (Å²) in [5.74, 6) is -7.40. The SMILES string of the molecule is CCn1c(-c2cc(N3CCN(C)CC3)cnc2C(C)OC)c2c3cc(ccc31)-c1csc(n1)CC(NC(=O)C1CC1C)C(=O)N1CC3C(C(N1)C(=O)OCC(C)(C)C2)C3(F)F. The molecule has 0 radical (unpaired) electrons. The highest BCUT2D eigenvalue weighted by Crippen LogP contribution is 2.59. The van der Waals surface area contributed by atoms with Gasteiger partial charge in [-0.1, -0.05) is 26.8 Å². The zero-order valence-corrected chi connectivity index (χ0v) is 36.8. The summed E-state index contributed by atoms with van der Waals surface area (Å²) in [7, 11) is 3.82. The molecule has 3 aromatic heterocycles. The number of piperazine rings is 1. The number of hydrogen-bond donors (Lipinski definition) is 2. The van der Waals surface area contributed by atoms with E-state index in [1.807, 2.05) is 39.3 Å². The van der Waals surface area contributed by atoms with E-state index in [1.165, 1.54) is 11.3 Å². The van der Waals surface area contributed by atoms with E-state index in [1.54, 1.807) is 7.11 Å². The third-order valence-electron chi connectivity index (χ3n) is 13.6. The van der Waals surface area contributed by atoms with Crippen molar-refractivity contribution in [3.63, 3.8) is 0 Å². The van der Waals surface area contributed by atoms with Crippen molar-refractivity contribution >= 4 is 45.7 Å². The van der Waals surface area contributed by atoms with Gasteiger partial charge < -0.3 is 29.2 Å². The minimum Gasteiger partial charge on any atom is -0.464 e. The van der Waals surface area contributed by atoms with E-state index >= 15 is 8.78 Å². The summed E-state index contributed by atoms with van der Waals surface area (Å²) < 4.78 is 45.0. The molecule has 5 aliphatic rings. The molecular formula is C45H56F2N8O5S. The zero-order valence-electron chi connectivity index (χ0n) is 36.0. The Morgan fingerprint density at radius 1 is 1.16 bits per heavy atom. The Kier molecular flexibility index (Phi) is 10.8. The molecule has 3 aliphatic heterocycles. The molecule has 16 heteroatoms. The van der Waals surface area contributed by atoms with Crippen molar-refractivity contribution in [2.45, 2.75) is 84.5 Å². The second-order valence-electron chi connectivity index (χ2n) is 18.6. The molecule has 2 aliphatic carbocycles. The number of anilines is 1. The Balaban J connectivity index is 1.18. The first-order valence-corrected chi connectivity index (χ1v) is 22.4. The summed E-state index contributed by atoms with van der Waals surface area (Å²) >= 11 is 1.38. The summed E-state index contributed by atoms with van der Waals surface area (Å²) in [5.41, 5.74) is 9.63. The van der Waals surface area contributed by atoms with E-state index in [9.17, 15) is 14.4 Å². The monoisotopic (exact) mass is 858 g/mol. The number of ether oxygens (including phenoxy) is 2. The second-order valence-corrected chi connectivity index (χ2v) is 19.6. The number of nitrogens with zero attached hydrogens (tertiary/aromatic N) is 6. The lowest BCUT2D eigenvalue weighted by Crippen LogP contribution is -2.61. The lowest BCUT2D eigenvalue weighted by molar-refractivity contribution is -0.156. The fraction of sp³-hybridized carbons (Fsp3) is 0.578. The number of benzene rings is 1. The van der Waals surface area contributed by atoms with Gasteiger partial charge in [0.25, 0.3) is 11.8 Å². The molecule has 4 aromatic rings. The van der Waals surface area contributed by atoms with Crippen LogP contribution in [0.5, 0.6) is 0 Å². The smallest absolute Gasteiger partial charge is 0.325 e. The molecule has 6 bridgehead atoms. The first-order valence-electron chi connectivity index (χ1n) is 21.6. The zero-order chi connectivity index (χ0) is 43.1. The Bertz CT molecular complexity index is 2370. The van der Waals surface area contributed by atoms with Gasteiger partial charge in [-0.05, 0) is 63.4 Å². The molecule has 13 nitrogen and oxygen atoms in total. The van der Waals surface area contributed by atoms with Crippen LogP contribution in [0.4, 0.5) is 14.5 Å². The summed E-state index contributed by atoms with van der Waals surface area (Å²) in [6, 6.07) is 6.06. The third kappa shape index (κ3) is 7.71. The third-order valence-corrected chi connectivity index (χ3v) is 14.5. The number of hydrogen-bond acceptors (Lipinski definition) is 11. The van der Waals surface area contributed by atoms with E-state index < -0.39 is 47.1 Å². The average Bonchev–Trinajstić information content (AvgIpc) is 3.96. The van der Waals surface area contributed by atoms with Gasteiger partial charge >= 0.3 is 5.97 Å². The second kappa shape index (κ2) is 15.7. The molecule has 2 amide bonds. The van der Waals surface area contributed by atoms with Crippen molar-refractivity contribution in [1.29, 1.82) is 0 Å². The summed E-state index contributed by atoms with van der Waals surface area (Å²) in [5, 5.41) is 7.59. The summed E-state index contributed by atoms with van der Waals surface area (Å²) in [6.45, 7) is 14.1. The number of fused-ring (bicyclic) bond motifs is 8. The number of nitrogens with one attached hydrogen (secondary N) is 2. The van der Waals surface area contributed by atoms with Crippen LogP contribution in [0.25, 0.3) is 33.4 Å². The van der Waals surface area contributed by atoms with Gasteiger partial charge in [0.15, 0.2) is 0 Å². The van der Waals surface area contributed by atoms with Crippen molar-refractivity contribution in [3.05, 3.63) is 52.1 Å². The quantitative estimate of drug-likeness (QED) is 0.223. The summed E-state index contributed by atoms with van der Waals surface area (Å²) in [4.78, 5) is 56.3. The molecule has 4 fully saturated rings. The van der Waals surface area contributed by atoms with Gasteiger partial charge in [-0.15, -0.1) is 11.3 Å². The Labute approximate surface area is 359 Å². The lowest BCUT2D eigenvalue weighted by atomic mass is 9.84. The van der Waals surface area contributed by atoms with Crippen molar-refractivity contribution < 1.29 is 32.6 Å². The molecule has 1 aromatic carbocycles. The molecule has 2 saturated heterocycles. The molecular weight excluding hydrogens is 803 g/mol. The number of aromatic nitrogens is 3. The molecule has 7 unspecified atom stereocenters. The number of amides is 2. The number of esters is 1. The predicted molar refractivity (Wildman–Crippen MR) is 229 cm³/mol. The van der Waals surface area contributed by atoms with Gasteiger partial charge in [0.1, 0.15) is 12.1 Å². The molecule has 2 saturated carbocycles. The van der Waals surface area contributed by atoms with Crippen molar-refractivity contribution in [3.8, 4) is 22.5 Å². The molecule has 61 heavy (non-hydrogen) atoms. The van der Waals surface area contributed by atoms with Crippen LogP contribution in [0.1, 0.15) is 63.4 Å². The Morgan fingerprint density at radius 2 is 1.92 bits per heavy atom. The van der Waals surface area contributed by atoms with E-state index in [0.29, 0.717) is 24.4 Å². The number of methoxy groups -OCH3 is 1. The van der Waals surface area contributed by atoms with Gasteiger partial charge in [-0.25, -0.2) is 19.2 Å². The minimum atomic E-state index is -3.16. The number of aryl methyl sites for hydroxylation is 1.